The van der Waals surface area contributed by atoms with Crippen LogP contribution < -0.4 is 5.73 Å². The van der Waals surface area contributed by atoms with Crippen molar-refractivity contribution in [3.05, 3.63) is 0 Å². The monoisotopic (exact) mass is 278 g/mol. The first-order valence-electron chi connectivity index (χ1n) is 6.11. The normalized spacial score (nSPS) is 22.4. The molecule has 1 saturated heterocycles. The van der Waals surface area contributed by atoms with E-state index in [0.29, 0.717) is 19.0 Å². The molecule has 6 nitrogen and oxygen atoms in total. The van der Waals surface area contributed by atoms with Gasteiger partial charge in [-0.15, -0.1) is 0 Å². The molecule has 7 heteroatoms. The van der Waals surface area contributed by atoms with E-state index >= 15 is 0 Å². The molecule has 18 heavy (non-hydrogen) atoms. The number of hydrogen-bond acceptors (Lipinski definition) is 5. The largest absolute Gasteiger partial charge is 0.411 e. The molecule has 0 aromatic carbocycles. The Labute approximate surface area is 108 Å². The number of hydroxylamine groups is 2. The van der Waals surface area contributed by atoms with E-state index in [1.54, 1.807) is 5.06 Å². The molecule has 0 radical (unpaired) electrons. The third-order valence-corrected chi connectivity index (χ3v) is 4.24. The maximum Gasteiger partial charge on any atom is 0.411 e. The molecular formula is C11H23N2O4P. The van der Waals surface area contributed by atoms with E-state index in [1.807, 2.05) is 0 Å². The zero-order chi connectivity index (χ0) is 14.0. The lowest BCUT2D eigenvalue weighted by atomic mass is 9.75. The summed E-state index contributed by atoms with van der Waals surface area (Å²) in [6.07, 6.45) is 0.866. The molecule has 1 fully saturated rings. The number of carbonyl (C=O) groups excluding carboxylic acids is 1. The summed E-state index contributed by atoms with van der Waals surface area (Å²) in [5.41, 5.74) is 5.10. The van der Waals surface area contributed by atoms with Gasteiger partial charge < -0.3 is 10.3 Å². The van der Waals surface area contributed by atoms with Crippen molar-refractivity contribution < 1.29 is 18.5 Å². The standard InChI is InChI=1S/C11H23N2O4P/c1-11(2,3)9-5-7-13(8-6-9)17-18(4,15)16-10(12)14/h9H,5-8H2,1-4H3,(H2,12,14). The van der Waals surface area contributed by atoms with E-state index in [0.717, 1.165) is 12.8 Å². The van der Waals surface area contributed by atoms with Crippen molar-refractivity contribution in [1.82, 2.24) is 5.06 Å². The number of rotatable bonds is 3. The Morgan fingerprint density at radius 2 is 1.83 bits per heavy atom. The number of hydrogen-bond donors (Lipinski definition) is 1. The Hall–Kier alpha value is -0.580. The first-order valence-corrected chi connectivity index (χ1v) is 8.10. The molecule has 1 unspecified atom stereocenters. The van der Waals surface area contributed by atoms with Gasteiger partial charge >= 0.3 is 13.7 Å². The van der Waals surface area contributed by atoms with E-state index in [4.69, 9.17) is 10.4 Å². The Morgan fingerprint density at radius 1 is 1.33 bits per heavy atom. The van der Waals surface area contributed by atoms with Gasteiger partial charge in [-0.3, -0.25) is 0 Å². The van der Waals surface area contributed by atoms with Crippen molar-refractivity contribution in [2.45, 2.75) is 33.6 Å². The van der Waals surface area contributed by atoms with Crippen LogP contribution in [0.25, 0.3) is 0 Å². The lowest BCUT2D eigenvalue weighted by Crippen LogP contribution is -2.37. The second-order valence-corrected chi connectivity index (χ2v) is 7.72. The van der Waals surface area contributed by atoms with E-state index in [9.17, 15) is 9.36 Å². The van der Waals surface area contributed by atoms with Gasteiger partial charge in [0.05, 0.1) is 6.66 Å². The summed E-state index contributed by atoms with van der Waals surface area (Å²) < 4.78 is 21.5. The van der Waals surface area contributed by atoms with Gasteiger partial charge in [0.2, 0.25) is 0 Å². The number of nitrogens with two attached hydrogens (primary N) is 1. The average molecular weight is 278 g/mol. The van der Waals surface area contributed by atoms with Crippen LogP contribution in [0.1, 0.15) is 33.6 Å². The highest BCUT2D eigenvalue weighted by Gasteiger charge is 2.32. The fourth-order valence-electron chi connectivity index (χ4n) is 2.19. The van der Waals surface area contributed by atoms with Gasteiger partial charge in [-0.25, -0.2) is 14.0 Å². The number of nitrogens with zero attached hydrogens (tertiary/aromatic N) is 1. The second-order valence-electron chi connectivity index (χ2n) is 5.83. The van der Waals surface area contributed by atoms with E-state index in [2.05, 4.69) is 25.3 Å². The molecule has 2 N–H and O–H groups in total. The smallest absolute Gasteiger partial charge is 0.374 e. The molecule has 1 atom stereocenters. The zero-order valence-corrected chi connectivity index (χ0v) is 12.4. The van der Waals surface area contributed by atoms with Crippen LogP contribution in [-0.4, -0.2) is 30.9 Å². The molecule has 1 amide bonds. The molecule has 1 aliphatic rings. The van der Waals surface area contributed by atoms with Gasteiger partial charge in [0.25, 0.3) is 0 Å². The maximum absolute atomic E-state index is 11.8. The topological polar surface area (TPSA) is 81.9 Å². The number of primary amides is 1. The van der Waals surface area contributed by atoms with Gasteiger partial charge in [0, 0.05) is 13.1 Å². The van der Waals surface area contributed by atoms with Crippen LogP contribution >= 0.6 is 7.60 Å². The SMILES string of the molecule is CC(C)(C)C1CCN(OP(C)(=O)OC(N)=O)CC1. The Kier molecular flexibility index (Phi) is 4.81. The maximum atomic E-state index is 11.8. The van der Waals surface area contributed by atoms with Crippen molar-refractivity contribution >= 4 is 13.7 Å². The molecule has 0 spiro atoms. The highest BCUT2D eigenvalue weighted by molar-refractivity contribution is 7.53. The van der Waals surface area contributed by atoms with Crippen LogP contribution in [0.15, 0.2) is 0 Å². The molecule has 0 aliphatic carbocycles. The highest BCUT2D eigenvalue weighted by Crippen LogP contribution is 2.46. The van der Waals surface area contributed by atoms with Crippen molar-refractivity contribution in [3.63, 3.8) is 0 Å². The summed E-state index contributed by atoms with van der Waals surface area (Å²) in [5.74, 6) is 0.616. The molecule has 106 valence electrons. The lowest BCUT2D eigenvalue weighted by Gasteiger charge is -2.38. The van der Waals surface area contributed by atoms with Crippen LogP contribution in [0.2, 0.25) is 0 Å². The first kappa shape index (κ1) is 15.5. The average Bonchev–Trinajstić information content (AvgIpc) is 2.13. The molecule has 0 aromatic rings. The van der Waals surface area contributed by atoms with Crippen LogP contribution in [0.4, 0.5) is 4.79 Å². The van der Waals surface area contributed by atoms with E-state index in [-0.39, 0.29) is 5.41 Å². The minimum absolute atomic E-state index is 0.270. The fourth-order valence-corrected chi connectivity index (χ4v) is 3.14. The summed E-state index contributed by atoms with van der Waals surface area (Å²) >= 11 is 0. The van der Waals surface area contributed by atoms with Crippen LogP contribution in [0.5, 0.6) is 0 Å². The van der Waals surface area contributed by atoms with Crippen LogP contribution in [0, 0.1) is 11.3 Å². The van der Waals surface area contributed by atoms with Gasteiger partial charge in [-0.2, -0.15) is 5.06 Å². The van der Waals surface area contributed by atoms with Crippen molar-refractivity contribution in [3.8, 4) is 0 Å². The van der Waals surface area contributed by atoms with Crippen LogP contribution in [0.3, 0.4) is 0 Å². The Bertz CT molecular complexity index is 345. The van der Waals surface area contributed by atoms with E-state index < -0.39 is 13.7 Å². The lowest BCUT2D eigenvalue weighted by molar-refractivity contribution is -0.0968. The molecule has 1 heterocycles. The molecule has 0 aromatic heterocycles. The predicted molar refractivity (Wildman–Crippen MR) is 69.0 cm³/mol. The first-order chi connectivity index (χ1) is 8.10. The summed E-state index contributed by atoms with van der Waals surface area (Å²) in [6, 6.07) is 0. The Morgan fingerprint density at radius 3 is 2.22 bits per heavy atom. The van der Waals surface area contributed by atoms with Gasteiger partial charge in [-0.1, -0.05) is 20.8 Å². The minimum Gasteiger partial charge on any atom is -0.374 e. The van der Waals surface area contributed by atoms with Gasteiger partial charge in [0.1, 0.15) is 0 Å². The highest BCUT2D eigenvalue weighted by atomic mass is 31.2. The van der Waals surface area contributed by atoms with Gasteiger partial charge in [-0.05, 0) is 24.2 Å². The summed E-state index contributed by atoms with van der Waals surface area (Å²) in [4.78, 5) is 10.6. The number of carbonyl (C=O) groups is 1. The predicted octanol–water partition coefficient (Wildman–Crippen LogP) is 2.59. The van der Waals surface area contributed by atoms with Crippen LogP contribution in [-0.2, 0) is 13.7 Å². The van der Waals surface area contributed by atoms with E-state index in [1.165, 1.54) is 6.66 Å². The number of piperidine rings is 1. The molecular weight excluding hydrogens is 255 g/mol. The fraction of sp³-hybridized carbons (Fsp3) is 0.909. The quantitative estimate of drug-likeness (QED) is 0.802. The Balaban J connectivity index is 2.45. The second kappa shape index (κ2) is 5.59. The summed E-state index contributed by atoms with van der Waals surface area (Å²) in [5, 5.41) is 1.60. The van der Waals surface area contributed by atoms with Gasteiger partial charge in [0.15, 0.2) is 0 Å². The number of amides is 1. The van der Waals surface area contributed by atoms with Crippen molar-refractivity contribution in [2.75, 3.05) is 19.8 Å². The third-order valence-electron chi connectivity index (χ3n) is 3.20. The molecule has 0 saturated carbocycles. The zero-order valence-electron chi connectivity index (χ0n) is 11.5. The molecule has 0 bridgehead atoms. The van der Waals surface area contributed by atoms with Crippen molar-refractivity contribution in [2.24, 2.45) is 17.1 Å². The summed E-state index contributed by atoms with van der Waals surface area (Å²) in [6.45, 7) is 9.26. The third kappa shape index (κ3) is 4.96. The van der Waals surface area contributed by atoms with Crippen molar-refractivity contribution in [1.29, 1.82) is 0 Å². The molecule has 1 aliphatic heterocycles. The summed E-state index contributed by atoms with van der Waals surface area (Å²) in [7, 11) is -3.43. The molecule has 1 rings (SSSR count). The minimum atomic E-state index is -3.43.